The molecule has 0 bridgehead atoms. The summed E-state index contributed by atoms with van der Waals surface area (Å²) in [7, 11) is 0. The van der Waals surface area contributed by atoms with E-state index in [2.05, 4.69) is 20.8 Å². The van der Waals surface area contributed by atoms with Crippen LogP contribution < -0.4 is 0 Å². The Morgan fingerprint density at radius 2 is 2.11 bits per heavy atom. The zero-order valence-corrected chi connectivity index (χ0v) is 12.2. The number of likely N-dealkylation sites (tertiary alicyclic amines) is 1. The smallest absolute Gasteiger partial charge is 0.225 e. The molecule has 0 radical (unpaired) electrons. The first-order chi connectivity index (χ1) is 8.60. The van der Waals surface area contributed by atoms with Gasteiger partial charge in [0.05, 0.1) is 6.10 Å². The summed E-state index contributed by atoms with van der Waals surface area (Å²) in [5.41, 5.74) is 0. The van der Waals surface area contributed by atoms with Crippen molar-refractivity contribution in [3.8, 4) is 0 Å². The summed E-state index contributed by atoms with van der Waals surface area (Å²) < 4.78 is 0. The number of carbonyl (C=O) groups excluding carboxylic acids is 1. The molecule has 18 heavy (non-hydrogen) atoms. The van der Waals surface area contributed by atoms with Crippen LogP contribution in [-0.2, 0) is 4.79 Å². The Balaban J connectivity index is 2.45. The third kappa shape index (κ3) is 4.27. The Morgan fingerprint density at radius 1 is 1.39 bits per heavy atom. The SMILES string of the molecule is CCCCCC(CC)C(=O)N1CCC(C)C(O)C1. The standard InChI is InChI=1S/C15H29NO2/c1-4-6-7-8-13(5-2)15(18)16-10-9-12(3)14(17)11-16/h12-14,17H,4-11H2,1-3H3. The molecule has 106 valence electrons. The molecule has 0 spiro atoms. The number of aliphatic hydroxyl groups is 1. The van der Waals surface area contributed by atoms with Crippen molar-refractivity contribution in [2.75, 3.05) is 13.1 Å². The lowest BCUT2D eigenvalue weighted by Crippen LogP contribution is -2.47. The minimum atomic E-state index is -0.337. The molecule has 1 amide bonds. The van der Waals surface area contributed by atoms with Crippen molar-refractivity contribution in [2.45, 2.75) is 65.4 Å². The van der Waals surface area contributed by atoms with Gasteiger partial charge in [0.1, 0.15) is 0 Å². The number of nitrogens with zero attached hydrogens (tertiary/aromatic N) is 1. The summed E-state index contributed by atoms with van der Waals surface area (Å²) in [4.78, 5) is 14.3. The van der Waals surface area contributed by atoms with Crippen molar-refractivity contribution in [1.82, 2.24) is 4.90 Å². The maximum atomic E-state index is 12.4. The number of hydrogen-bond acceptors (Lipinski definition) is 2. The van der Waals surface area contributed by atoms with Crippen molar-refractivity contribution in [1.29, 1.82) is 0 Å². The first-order valence-corrected chi connectivity index (χ1v) is 7.56. The number of aliphatic hydroxyl groups excluding tert-OH is 1. The Hall–Kier alpha value is -0.570. The molecule has 3 atom stereocenters. The Kier molecular flexibility index (Phi) is 6.69. The fourth-order valence-corrected chi connectivity index (χ4v) is 2.65. The highest BCUT2D eigenvalue weighted by atomic mass is 16.3. The van der Waals surface area contributed by atoms with Gasteiger partial charge in [0, 0.05) is 19.0 Å². The van der Waals surface area contributed by atoms with Crippen LogP contribution in [0.25, 0.3) is 0 Å². The van der Waals surface area contributed by atoms with E-state index in [4.69, 9.17) is 0 Å². The van der Waals surface area contributed by atoms with Gasteiger partial charge in [-0.2, -0.15) is 0 Å². The number of β-amino-alcohol motifs (C(OH)–C–C–N with tert-alkyl or cyclic N) is 1. The molecule has 3 unspecified atom stereocenters. The Bertz CT molecular complexity index is 255. The van der Waals surface area contributed by atoms with Gasteiger partial charge in [0.15, 0.2) is 0 Å². The third-order valence-electron chi connectivity index (χ3n) is 4.23. The van der Waals surface area contributed by atoms with Gasteiger partial charge in [0.25, 0.3) is 0 Å². The lowest BCUT2D eigenvalue weighted by molar-refractivity contribution is -0.140. The summed E-state index contributed by atoms with van der Waals surface area (Å²) in [6.07, 6.45) is 6.08. The van der Waals surface area contributed by atoms with Crippen molar-refractivity contribution in [3.63, 3.8) is 0 Å². The second-order valence-electron chi connectivity index (χ2n) is 5.72. The quantitative estimate of drug-likeness (QED) is 0.741. The van der Waals surface area contributed by atoms with Gasteiger partial charge in [-0.05, 0) is 25.2 Å². The van der Waals surface area contributed by atoms with E-state index in [1.165, 1.54) is 12.8 Å². The molecule has 0 aromatic carbocycles. The average Bonchev–Trinajstić information content (AvgIpc) is 2.37. The van der Waals surface area contributed by atoms with Crippen LogP contribution in [0.2, 0.25) is 0 Å². The van der Waals surface area contributed by atoms with Gasteiger partial charge >= 0.3 is 0 Å². The van der Waals surface area contributed by atoms with Crippen LogP contribution in [0, 0.1) is 11.8 Å². The van der Waals surface area contributed by atoms with Crippen LogP contribution in [-0.4, -0.2) is 35.1 Å². The first-order valence-electron chi connectivity index (χ1n) is 7.56. The maximum absolute atomic E-state index is 12.4. The van der Waals surface area contributed by atoms with Crippen molar-refractivity contribution < 1.29 is 9.90 Å². The topological polar surface area (TPSA) is 40.5 Å². The van der Waals surface area contributed by atoms with Gasteiger partial charge in [-0.1, -0.05) is 40.0 Å². The van der Waals surface area contributed by atoms with Gasteiger partial charge in [-0.25, -0.2) is 0 Å². The fraction of sp³-hybridized carbons (Fsp3) is 0.933. The van der Waals surface area contributed by atoms with E-state index in [1.54, 1.807) is 0 Å². The lowest BCUT2D eigenvalue weighted by Gasteiger charge is -2.36. The molecular weight excluding hydrogens is 226 g/mol. The van der Waals surface area contributed by atoms with Gasteiger partial charge in [0.2, 0.25) is 5.91 Å². The molecule has 1 heterocycles. The molecule has 3 nitrogen and oxygen atoms in total. The van der Waals surface area contributed by atoms with Crippen LogP contribution >= 0.6 is 0 Å². The summed E-state index contributed by atoms with van der Waals surface area (Å²) in [5.74, 6) is 0.755. The largest absolute Gasteiger partial charge is 0.391 e. The number of amides is 1. The highest BCUT2D eigenvalue weighted by molar-refractivity contribution is 5.78. The molecule has 0 aliphatic carbocycles. The van der Waals surface area contributed by atoms with Gasteiger partial charge in [-0.3, -0.25) is 4.79 Å². The van der Waals surface area contributed by atoms with Crippen molar-refractivity contribution >= 4 is 5.91 Å². The number of unbranched alkanes of at least 4 members (excludes halogenated alkanes) is 2. The Morgan fingerprint density at radius 3 is 2.67 bits per heavy atom. The second-order valence-corrected chi connectivity index (χ2v) is 5.72. The first kappa shape index (κ1) is 15.5. The van der Waals surface area contributed by atoms with E-state index in [9.17, 15) is 9.90 Å². The number of carbonyl (C=O) groups is 1. The predicted molar refractivity (Wildman–Crippen MR) is 74.3 cm³/mol. The van der Waals surface area contributed by atoms with E-state index in [-0.39, 0.29) is 17.9 Å². The Labute approximate surface area is 112 Å². The van der Waals surface area contributed by atoms with E-state index in [0.717, 1.165) is 32.2 Å². The summed E-state index contributed by atoms with van der Waals surface area (Å²) in [6.45, 7) is 7.69. The summed E-state index contributed by atoms with van der Waals surface area (Å²) in [5, 5.41) is 9.87. The lowest BCUT2D eigenvalue weighted by atomic mass is 9.92. The van der Waals surface area contributed by atoms with Crippen LogP contribution in [0.4, 0.5) is 0 Å². The van der Waals surface area contributed by atoms with Crippen LogP contribution in [0.3, 0.4) is 0 Å². The minimum absolute atomic E-state index is 0.164. The number of hydrogen-bond donors (Lipinski definition) is 1. The summed E-state index contributed by atoms with van der Waals surface area (Å²) >= 11 is 0. The number of piperidine rings is 1. The van der Waals surface area contributed by atoms with Crippen LogP contribution in [0.15, 0.2) is 0 Å². The van der Waals surface area contributed by atoms with E-state index in [1.807, 2.05) is 4.90 Å². The molecule has 1 aliphatic rings. The van der Waals surface area contributed by atoms with Gasteiger partial charge < -0.3 is 10.0 Å². The monoisotopic (exact) mass is 255 g/mol. The molecule has 1 saturated heterocycles. The van der Waals surface area contributed by atoms with Crippen molar-refractivity contribution in [2.24, 2.45) is 11.8 Å². The van der Waals surface area contributed by atoms with E-state index >= 15 is 0 Å². The molecule has 3 heteroatoms. The average molecular weight is 255 g/mol. The zero-order valence-electron chi connectivity index (χ0n) is 12.2. The predicted octanol–water partition coefficient (Wildman–Crippen LogP) is 2.82. The van der Waals surface area contributed by atoms with E-state index in [0.29, 0.717) is 12.5 Å². The molecular formula is C15H29NO2. The highest BCUT2D eigenvalue weighted by Gasteiger charge is 2.30. The molecule has 0 aromatic rings. The normalized spacial score (nSPS) is 26.1. The van der Waals surface area contributed by atoms with Crippen LogP contribution in [0.5, 0.6) is 0 Å². The zero-order chi connectivity index (χ0) is 13.5. The molecule has 1 rings (SSSR count). The molecule has 1 fully saturated rings. The third-order valence-corrected chi connectivity index (χ3v) is 4.23. The molecule has 1 aliphatic heterocycles. The van der Waals surface area contributed by atoms with E-state index < -0.39 is 0 Å². The second kappa shape index (κ2) is 7.78. The summed E-state index contributed by atoms with van der Waals surface area (Å²) in [6, 6.07) is 0. The fourth-order valence-electron chi connectivity index (χ4n) is 2.65. The molecule has 0 saturated carbocycles. The van der Waals surface area contributed by atoms with Crippen LogP contribution in [0.1, 0.15) is 59.3 Å². The van der Waals surface area contributed by atoms with Gasteiger partial charge in [-0.15, -0.1) is 0 Å². The molecule has 1 N–H and O–H groups in total. The maximum Gasteiger partial charge on any atom is 0.225 e. The van der Waals surface area contributed by atoms with Crippen molar-refractivity contribution in [3.05, 3.63) is 0 Å². The minimum Gasteiger partial charge on any atom is -0.391 e. The molecule has 0 aromatic heterocycles. The number of rotatable bonds is 6. The highest BCUT2D eigenvalue weighted by Crippen LogP contribution is 2.22.